The number of methoxy groups -OCH3 is 1. The minimum Gasteiger partial charge on any atom is -0.493 e. The third-order valence-electron chi connectivity index (χ3n) is 3.01. The lowest BCUT2D eigenvalue weighted by atomic mass is 10.2. The second kappa shape index (κ2) is 7.29. The number of nitrogens with zero attached hydrogens (tertiary/aromatic N) is 1. The second-order valence-corrected chi connectivity index (χ2v) is 4.55. The predicted molar refractivity (Wildman–Crippen MR) is 87.1 cm³/mol. The number of hydrogen-bond acceptors (Lipinski definition) is 3. The van der Waals surface area contributed by atoms with Crippen LogP contribution in [-0.4, -0.2) is 19.9 Å². The Morgan fingerprint density at radius 2 is 1.95 bits per heavy atom. The van der Waals surface area contributed by atoms with E-state index in [1.165, 1.54) is 0 Å². The fourth-order valence-electron chi connectivity index (χ4n) is 1.88. The molecule has 0 aromatic heterocycles. The number of para-hydroxylation sites is 1. The highest BCUT2D eigenvalue weighted by molar-refractivity contribution is 5.83. The van der Waals surface area contributed by atoms with Gasteiger partial charge in [0, 0.05) is 6.21 Å². The van der Waals surface area contributed by atoms with Gasteiger partial charge in [-0.05, 0) is 42.3 Å². The zero-order chi connectivity index (χ0) is 15.1. The van der Waals surface area contributed by atoms with E-state index in [0.29, 0.717) is 18.1 Å². The smallest absolute Gasteiger partial charge is 0.161 e. The van der Waals surface area contributed by atoms with E-state index in [1.54, 1.807) is 13.2 Å². The van der Waals surface area contributed by atoms with E-state index >= 15 is 0 Å². The minimum atomic E-state index is 0.451. The summed E-state index contributed by atoms with van der Waals surface area (Å²) in [7, 11) is 1.62. The van der Waals surface area contributed by atoms with Crippen LogP contribution in [0.15, 0.2) is 60.1 Å². The lowest BCUT2D eigenvalue weighted by Gasteiger charge is -2.09. The van der Waals surface area contributed by atoms with Gasteiger partial charge in [0.05, 0.1) is 12.8 Å². The van der Waals surface area contributed by atoms with Crippen molar-refractivity contribution in [3.63, 3.8) is 0 Å². The molecule has 2 aromatic carbocycles. The van der Waals surface area contributed by atoms with Gasteiger partial charge in [-0.15, -0.1) is 0 Å². The lowest BCUT2D eigenvalue weighted by Crippen LogP contribution is -1.97. The predicted octanol–water partition coefficient (Wildman–Crippen LogP) is 4.32. The summed E-state index contributed by atoms with van der Waals surface area (Å²) in [5.74, 6) is 1.39. The van der Waals surface area contributed by atoms with Crippen molar-refractivity contribution < 1.29 is 9.47 Å². The van der Waals surface area contributed by atoms with E-state index in [9.17, 15) is 0 Å². The SMILES string of the molecule is C=CCOc1ccc(C=Nc2ccccc2C)cc1OC. The van der Waals surface area contributed by atoms with E-state index in [1.807, 2.05) is 55.6 Å². The maximum atomic E-state index is 5.53. The first-order valence-electron chi connectivity index (χ1n) is 6.76. The molecular weight excluding hydrogens is 262 g/mol. The summed E-state index contributed by atoms with van der Waals surface area (Å²) in [6.45, 7) is 6.13. The Morgan fingerprint density at radius 3 is 2.67 bits per heavy atom. The summed E-state index contributed by atoms with van der Waals surface area (Å²) in [4.78, 5) is 4.51. The first kappa shape index (κ1) is 14.9. The van der Waals surface area contributed by atoms with Crippen LogP contribution in [0.5, 0.6) is 11.5 Å². The van der Waals surface area contributed by atoms with Crippen molar-refractivity contribution in [2.75, 3.05) is 13.7 Å². The molecule has 0 saturated heterocycles. The molecule has 0 aliphatic rings. The maximum absolute atomic E-state index is 5.53. The summed E-state index contributed by atoms with van der Waals surface area (Å²) in [6, 6.07) is 13.7. The summed E-state index contributed by atoms with van der Waals surface area (Å²) >= 11 is 0. The Kier molecular flexibility index (Phi) is 5.16. The quantitative estimate of drug-likeness (QED) is 0.583. The third-order valence-corrected chi connectivity index (χ3v) is 3.01. The van der Waals surface area contributed by atoms with Crippen molar-refractivity contribution in [1.29, 1.82) is 0 Å². The van der Waals surface area contributed by atoms with Crippen LogP contribution >= 0.6 is 0 Å². The van der Waals surface area contributed by atoms with Crippen LogP contribution < -0.4 is 9.47 Å². The Hall–Kier alpha value is -2.55. The monoisotopic (exact) mass is 281 g/mol. The summed E-state index contributed by atoms with van der Waals surface area (Å²) in [5, 5.41) is 0. The van der Waals surface area contributed by atoms with E-state index in [-0.39, 0.29) is 0 Å². The molecule has 0 aliphatic heterocycles. The molecule has 0 atom stereocenters. The molecule has 2 rings (SSSR count). The van der Waals surface area contributed by atoms with E-state index < -0.39 is 0 Å². The number of benzene rings is 2. The highest BCUT2D eigenvalue weighted by Crippen LogP contribution is 2.28. The highest BCUT2D eigenvalue weighted by Gasteiger charge is 2.04. The topological polar surface area (TPSA) is 30.8 Å². The fourth-order valence-corrected chi connectivity index (χ4v) is 1.88. The van der Waals surface area contributed by atoms with Crippen molar-refractivity contribution in [2.24, 2.45) is 4.99 Å². The van der Waals surface area contributed by atoms with Crippen molar-refractivity contribution in [1.82, 2.24) is 0 Å². The van der Waals surface area contributed by atoms with Gasteiger partial charge < -0.3 is 9.47 Å². The molecule has 0 radical (unpaired) electrons. The standard InChI is InChI=1S/C18H19NO2/c1-4-11-21-17-10-9-15(12-18(17)20-3)13-19-16-8-6-5-7-14(16)2/h4-10,12-13H,1,11H2,2-3H3. The van der Waals surface area contributed by atoms with Gasteiger partial charge in [0.2, 0.25) is 0 Å². The number of aryl methyl sites for hydroxylation is 1. The van der Waals surface area contributed by atoms with Gasteiger partial charge in [-0.3, -0.25) is 4.99 Å². The molecule has 0 aliphatic carbocycles. The fraction of sp³-hybridized carbons (Fsp3) is 0.167. The van der Waals surface area contributed by atoms with Gasteiger partial charge in [0.15, 0.2) is 11.5 Å². The van der Waals surface area contributed by atoms with Crippen molar-refractivity contribution in [2.45, 2.75) is 6.92 Å². The van der Waals surface area contributed by atoms with Gasteiger partial charge in [-0.1, -0.05) is 30.9 Å². The van der Waals surface area contributed by atoms with Crippen LogP contribution in [0.3, 0.4) is 0 Å². The van der Waals surface area contributed by atoms with Crippen LogP contribution in [-0.2, 0) is 0 Å². The van der Waals surface area contributed by atoms with Crippen LogP contribution in [0.1, 0.15) is 11.1 Å². The molecule has 0 spiro atoms. The molecule has 0 amide bonds. The maximum Gasteiger partial charge on any atom is 0.161 e. The molecule has 21 heavy (non-hydrogen) atoms. The minimum absolute atomic E-state index is 0.451. The van der Waals surface area contributed by atoms with Crippen LogP contribution in [0.25, 0.3) is 0 Å². The molecule has 0 heterocycles. The zero-order valence-electron chi connectivity index (χ0n) is 12.4. The molecule has 3 heteroatoms. The molecule has 3 nitrogen and oxygen atoms in total. The van der Waals surface area contributed by atoms with E-state index in [2.05, 4.69) is 11.6 Å². The second-order valence-electron chi connectivity index (χ2n) is 4.55. The number of hydrogen-bond donors (Lipinski definition) is 0. The van der Waals surface area contributed by atoms with Crippen LogP contribution in [0.2, 0.25) is 0 Å². The first-order valence-corrected chi connectivity index (χ1v) is 6.76. The average molecular weight is 281 g/mol. The van der Waals surface area contributed by atoms with Crippen molar-refractivity contribution in [3.8, 4) is 11.5 Å². The molecule has 0 bridgehead atoms. The van der Waals surface area contributed by atoms with Crippen LogP contribution in [0.4, 0.5) is 5.69 Å². The van der Waals surface area contributed by atoms with E-state index in [0.717, 1.165) is 16.8 Å². The summed E-state index contributed by atoms with van der Waals surface area (Å²) in [5.41, 5.74) is 3.07. The Morgan fingerprint density at radius 1 is 1.14 bits per heavy atom. The van der Waals surface area contributed by atoms with Gasteiger partial charge in [-0.2, -0.15) is 0 Å². The van der Waals surface area contributed by atoms with E-state index in [4.69, 9.17) is 9.47 Å². The summed E-state index contributed by atoms with van der Waals surface area (Å²) < 4.78 is 10.9. The Labute approximate surface area is 125 Å². The Balaban J connectivity index is 2.21. The third kappa shape index (κ3) is 3.96. The van der Waals surface area contributed by atoms with Crippen molar-refractivity contribution in [3.05, 3.63) is 66.2 Å². The Bertz CT molecular complexity index is 647. The summed E-state index contributed by atoms with van der Waals surface area (Å²) in [6.07, 6.45) is 3.52. The van der Waals surface area contributed by atoms with Gasteiger partial charge in [0.25, 0.3) is 0 Å². The largest absolute Gasteiger partial charge is 0.493 e. The number of ether oxygens (including phenoxy) is 2. The lowest BCUT2D eigenvalue weighted by molar-refractivity contribution is 0.326. The molecule has 0 saturated carbocycles. The van der Waals surface area contributed by atoms with Gasteiger partial charge in [-0.25, -0.2) is 0 Å². The van der Waals surface area contributed by atoms with Crippen molar-refractivity contribution >= 4 is 11.9 Å². The molecule has 0 N–H and O–H groups in total. The molecule has 0 fully saturated rings. The average Bonchev–Trinajstić information content (AvgIpc) is 2.52. The zero-order valence-corrected chi connectivity index (χ0v) is 12.4. The molecular formula is C18H19NO2. The normalized spacial score (nSPS) is 10.6. The van der Waals surface area contributed by atoms with Gasteiger partial charge >= 0.3 is 0 Å². The molecule has 0 unspecified atom stereocenters. The number of rotatable bonds is 6. The van der Waals surface area contributed by atoms with Gasteiger partial charge in [0.1, 0.15) is 6.61 Å². The van der Waals surface area contributed by atoms with Crippen LogP contribution in [0, 0.1) is 6.92 Å². The first-order chi connectivity index (χ1) is 10.2. The highest BCUT2D eigenvalue weighted by atomic mass is 16.5. The molecule has 108 valence electrons. The number of aliphatic imine (C=N–C) groups is 1. The molecule has 2 aromatic rings.